The zero-order valence-corrected chi connectivity index (χ0v) is 14.0. The minimum Gasteiger partial charge on any atom is -0.353 e. The molecule has 1 aromatic carbocycles. The summed E-state index contributed by atoms with van der Waals surface area (Å²) in [6.45, 7) is 3.54. The lowest BCUT2D eigenvalue weighted by atomic mass is 10.1. The van der Waals surface area contributed by atoms with Crippen molar-refractivity contribution < 1.29 is 4.79 Å². The summed E-state index contributed by atoms with van der Waals surface area (Å²) < 4.78 is 0. The third kappa shape index (κ3) is 3.84. The Morgan fingerprint density at radius 3 is 2.78 bits per heavy atom. The van der Waals surface area contributed by atoms with Gasteiger partial charge in [-0.3, -0.25) is 9.79 Å². The number of benzene rings is 1. The predicted molar refractivity (Wildman–Crippen MR) is 92.5 cm³/mol. The third-order valence-corrected chi connectivity index (χ3v) is 4.75. The number of carbonyl (C=O) groups excluding carboxylic acids is 1. The van der Waals surface area contributed by atoms with Gasteiger partial charge in [0.1, 0.15) is 0 Å². The molecule has 1 heterocycles. The average Bonchev–Trinajstić information content (AvgIpc) is 3.21. The van der Waals surface area contributed by atoms with E-state index in [4.69, 9.17) is 0 Å². The van der Waals surface area contributed by atoms with Gasteiger partial charge < -0.3 is 15.5 Å². The van der Waals surface area contributed by atoms with Crippen LogP contribution in [-0.2, 0) is 4.79 Å². The summed E-state index contributed by atoms with van der Waals surface area (Å²) in [5.74, 6) is 1.67. The summed E-state index contributed by atoms with van der Waals surface area (Å²) in [4.78, 5) is 18.0. The van der Waals surface area contributed by atoms with E-state index in [-0.39, 0.29) is 5.91 Å². The Kier molecular flexibility index (Phi) is 4.84. The maximum Gasteiger partial charge on any atom is 0.222 e. The van der Waals surface area contributed by atoms with Crippen molar-refractivity contribution in [2.24, 2.45) is 4.99 Å². The molecule has 0 spiro atoms. The number of guanidine groups is 1. The Morgan fingerprint density at radius 1 is 1.30 bits per heavy atom. The van der Waals surface area contributed by atoms with Gasteiger partial charge in [0.25, 0.3) is 0 Å². The van der Waals surface area contributed by atoms with E-state index in [1.54, 1.807) is 7.05 Å². The molecule has 5 nitrogen and oxygen atoms in total. The smallest absolute Gasteiger partial charge is 0.222 e. The number of amides is 1. The van der Waals surface area contributed by atoms with Crippen molar-refractivity contribution >= 4 is 11.9 Å². The van der Waals surface area contributed by atoms with Gasteiger partial charge in [-0.1, -0.05) is 37.3 Å². The normalized spacial score (nSPS) is 27.0. The maximum atomic E-state index is 11.8. The van der Waals surface area contributed by atoms with Gasteiger partial charge in [0.05, 0.1) is 0 Å². The van der Waals surface area contributed by atoms with Crippen molar-refractivity contribution in [3.05, 3.63) is 35.9 Å². The quantitative estimate of drug-likeness (QED) is 0.657. The van der Waals surface area contributed by atoms with Gasteiger partial charge in [-0.05, 0) is 18.4 Å². The highest BCUT2D eigenvalue weighted by Crippen LogP contribution is 2.40. The molecule has 1 amide bonds. The number of nitrogens with zero attached hydrogens (tertiary/aromatic N) is 2. The van der Waals surface area contributed by atoms with Gasteiger partial charge in [0.2, 0.25) is 5.91 Å². The molecule has 5 heteroatoms. The first-order valence-corrected chi connectivity index (χ1v) is 8.53. The number of carbonyl (C=O) groups is 1. The van der Waals surface area contributed by atoms with Crippen LogP contribution in [0.4, 0.5) is 0 Å². The van der Waals surface area contributed by atoms with Crippen molar-refractivity contribution in [3.8, 4) is 0 Å². The highest BCUT2D eigenvalue weighted by atomic mass is 16.2. The second-order valence-electron chi connectivity index (χ2n) is 6.40. The molecule has 0 bridgehead atoms. The predicted octanol–water partition coefficient (Wildman–Crippen LogP) is 1.72. The fourth-order valence-corrected chi connectivity index (χ4v) is 3.29. The Labute approximate surface area is 138 Å². The molecule has 124 valence electrons. The first kappa shape index (κ1) is 15.8. The van der Waals surface area contributed by atoms with Crippen LogP contribution in [-0.4, -0.2) is 49.0 Å². The van der Waals surface area contributed by atoms with Gasteiger partial charge >= 0.3 is 0 Å². The topological polar surface area (TPSA) is 56.7 Å². The van der Waals surface area contributed by atoms with Crippen molar-refractivity contribution in [2.45, 2.75) is 44.2 Å². The maximum absolute atomic E-state index is 11.8. The zero-order valence-electron chi connectivity index (χ0n) is 14.0. The lowest BCUT2D eigenvalue weighted by Crippen LogP contribution is -2.46. The summed E-state index contributed by atoms with van der Waals surface area (Å²) >= 11 is 0. The van der Waals surface area contributed by atoms with Crippen LogP contribution in [0, 0.1) is 0 Å². The van der Waals surface area contributed by atoms with Crippen molar-refractivity contribution in [1.29, 1.82) is 0 Å². The van der Waals surface area contributed by atoms with Crippen molar-refractivity contribution in [1.82, 2.24) is 15.5 Å². The molecule has 2 aliphatic rings. The summed E-state index contributed by atoms with van der Waals surface area (Å²) in [5, 5.41) is 6.97. The first-order valence-electron chi connectivity index (χ1n) is 8.53. The molecule has 0 aromatic heterocycles. The van der Waals surface area contributed by atoms with E-state index in [2.05, 4.69) is 46.0 Å². The van der Waals surface area contributed by atoms with Crippen LogP contribution in [0.2, 0.25) is 0 Å². The van der Waals surface area contributed by atoms with Crippen LogP contribution >= 0.6 is 0 Å². The monoisotopic (exact) mass is 314 g/mol. The highest BCUT2D eigenvalue weighted by Gasteiger charge is 2.39. The van der Waals surface area contributed by atoms with Gasteiger partial charge in [0, 0.05) is 44.6 Å². The molecule has 23 heavy (non-hydrogen) atoms. The molecular formula is C18H26N4O. The molecule has 3 unspecified atom stereocenters. The molecular weight excluding hydrogens is 288 g/mol. The lowest BCUT2D eigenvalue weighted by molar-refractivity contribution is -0.129. The lowest BCUT2D eigenvalue weighted by Gasteiger charge is -2.18. The zero-order chi connectivity index (χ0) is 16.2. The van der Waals surface area contributed by atoms with E-state index < -0.39 is 0 Å². The number of hydrogen-bond acceptors (Lipinski definition) is 2. The molecule has 2 fully saturated rings. The Balaban J connectivity index is 1.48. The Hall–Kier alpha value is -2.04. The molecule has 1 aromatic rings. The number of nitrogens with one attached hydrogen (secondary N) is 2. The summed E-state index contributed by atoms with van der Waals surface area (Å²) in [5.41, 5.74) is 1.39. The van der Waals surface area contributed by atoms with Gasteiger partial charge in [-0.25, -0.2) is 0 Å². The van der Waals surface area contributed by atoms with Gasteiger partial charge in [-0.15, -0.1) is 0 Å². The number of hydrogen-bond donors (Lipinski definition) is 2. The van der Waals surface area contributed by atoms with Crippen LogP contribution in [0.25, 0.3) is 0 Å². The van der Waals surface area contributed by atoms with Gasteiger partial charge in [-0.2, -0.15) is 0 Å². The van der Waals surface area contributed by atoms with E-state index in [1.807, 2.05) is 11.8 Å². The third-order valence-electron chi connectivity index (χ3n) is 4.75. The molecule has 1 aliphatic carbocycles. The van der Waals surface area contributed by atoms with Crippen molar-refractivity contribution in [2.75, 3.05) is 20.1 Å². The van der Waals surface area contributed by atoms with E-state index >= 15 is 0 Å². The van der Waals surface area contributed by atoms with Crippen molar-refractivity contribution in [3.63, 3.8) is 0 Å². The number of aliphatic imine (C=N–C) groups is 1. The fraction of sp³-hybridized carbons (Fsp3) is 0.556. The minimum absolute atomic E-state index is 0.239. The molecule has 2 N–H and O–H groups in total. The van der Waals surface area contributed by atoms with Crippen LogP contribution in [0.1, 0.15) is 37.7 Å². The average molecular weight is 314 g/mol. The largest absolute Gasteiger partial charge is 0.353 e. The van der Waals surface area contributed by atoms with Gasteiger partial charge in [0.15, 0.2) is 5.96 Å². The molecule has 1 saturated carbocycles. The fourth-order valence-electron chi connectivity index (χ4n) is 3.29. The van der Waals surface area contributed by atoms with Crippen LogP contribution in [0.5, 0.6) is 0 Å². The second kappa shape index (κ2) is 7.02. The summed E-state index contributed by atoms with van der Waals surface area (Å²) in [6.07, 6.45) is 2.72. The molecule has 3 rings (SSSR count). The minimum atomic E-state index is 0.239. The van der Waals surface area contributed by atoms with E-state index in [1.165, 1.54) is 5.56 Å². The van der Waals surface area contributed by atoms with E-state index in [0.29, 0.717) is 24.4 Å². The molecule has 1 aliphatic heterocycles. The summed E-state index contributed by atoms with van der Waals surface area (Å²) in [6, 6.07) is 11.4. The standard InChI is InChI=1S/C18H26N4O/c1-3-17(23)22-10-9-14(12-22)20-18(19-2)21-16-11-15(16)13-7-5-4-6-8-13/h4-8,14-16H,3,9-12H2,1-2H3,(H2,19,20,21). The van der Waals surface area contributed by atoms with E-state index in [0.717, 1.165) is 31.9 Å². The SMILES string of the molecule is CCC(=O)N1CCC(NC(=NC)NC2CC2c2ccccc2)C1. The molecule has 0 radical (unpaired) electrons. The Morgan fingerprint density at radius 2 is 2.09 bits per heavy atom. The summed E-state index contributed by atoms with van der Waals surface area (Å²) in [7, 11) is 1.80. The van der Waals surface area contributed by atoms with Crippen LogP contribution in [0.15, 0.2) is 35.3 Å². The number of likely N-dealkylation sites (tertiary alicyclic amines) is 1. The highest BCUT2D eigenvalue weighted by molar-refractivity contribution is 5.81. The second-order valence-corrected chi connectivity index (χ2v) is 6.40. The molecule has 3 atom stereocenters. The Bertz CT molecular complexity index is 572. The number of rotatable bonds is 4. The van der Waals surface area contributed by atoms with Crippen LogP contribution < -0.4 is 10.6 Å². The first-order chi connectivity index (χ1) is 11.2. The van der Waals surface area contributed by atoms with E-state index in [9.17, 15) is 4.79 Å². The molecule has 1 saturated heterocycles. The van der Waals surface area contributed by atoms with Crippen LogP contribution in [0.3, 0.4) is 0 Å².